The van der Waals surface area contributed by atoms with Crippen molar-refractivity contribution in [1.82, 2.24) is 20.2 Å². The maximum atomic E-state index is 10.8. The minimum Gasteiger partial charge on any atom is -0.277 e. The third-order valence-corrected chi connectivity index (χ3v) is 2.53. The number of benzene rings is 1. The SMILES string of the molecule is O=[N+]([O-])c1ccc2[nH]nc(-c3ncccn3)c2c1. The van der Waals surface area contributed by atoms with Crippen molar-refractivity contribution in [2.45, 2.75) is 0 Å². The molecule has 0 unspecified atom stereocenters. The second-order valence-electron chi connectivity index (χ2n) is 3.63. The molecule has 0 fully saturated rings. The molecule has 7 nitrogen and oxygen atoms in total. The van der Waals surface area contributed by atoms with Crippen LogP contribution in [0.2, 0.25) is 0 Å². The molecule has 0 saturated heterocycles. The van der Waals surface area contributed by atoms with Crippen LogP contribution in [0.15, 0.2) is 36.7 Å². The van der Waals surface area contributed by atoms with Gasteiger partial charge in [0.25, 0.3) is 5.69 Å². The van der Waals surface area contributed by atoms with Gasteiger partial charge in [0.05, 0.1) is 10.4 Å². The number of nitro groups is 1. The number of aromatic nitrogens is 4. The maximum Gasteiger partial charge on any atom is 0.270 e. The first kappa shape index (κ1) is 10.3. The molecule has 0 aliphatic heterocycles. The molecule has 0 saturated carbocycles. The summed E-state index contributed by atoms with van der Waals surface area (Å²) in [7, 11) is 0. The number of fused-ring (bicyclic) bond motifs is 1. The van der Waals surface area contributed by atoms with E-state index in [1.54, 1.807) is 24.5 Å². The first-order valence-corrected chi connectivity index (χ1v) is 5.15. The highest BCUT2D eigenvalue weighted by molar-refractivity contribution is 5.92. The molecule has 18 heavy (non-hydrogen) atoms. The largest absolute Gasteiger partial charge is 0.277 e. The van der Waals surface area contributed by atoms with E-state index in [0.29, 0.717) is 22.4 Å². The second-order valence-corrected chi connectivity index (χ2v) is 3.63. The number of non-ortho nitro benzene ring substituents is 1. The smallest absolute Gasteiger partial charge is 0.270 e. The molecule has 0 bridgehead atoms. The van der Waals surface area contributed by atoms with Crippen LogP contribution >= 0.6 is 0 Å². The lowest BCUT2D eigenvalue weighted by molar-refractivity contribution is -0.384. The van der Waals surface area contributed by atoms with Gasteiger partial charge in [-0.15, -0.1) is 0 Å². The van der Waals surface area contributed by atoms with Gasteiger partial charge in [-0.05, 0) is 12.1 Å². The molecule has 1 aromatic carbocycles. The lowest BCUT2D eigenvalue weighted by Crippen LogP contribution is -1.89. The fourth-order valence-corrected chi connectivity index (χ4v) is 1.71. The summed E-state index contributed by atoms with van der Waals surface area (Å²) >= 11 is 0. The molecule has 1 N–H and O–H groups in total. The van der Waals surface area contributed by atoms with E-state index in [1.165, 1.54) is 12.1 Å². The molecule has 0 aliphatic rings. The molecule has 88 valence electrons. The Labute approximate surface area is 101 Å². The Bertz CT molecular complexity index is 723. The number of rotatable bonds is 2. The van der Waals surface area contributed by atoms with Gasteiger partial charge in [0, 0.05) is 29.9 Å². The summed E-state index contributed by atoms with van der Waals surface area (Å²) in [5, 5.41) is 18.3. The number of nitro benzene ring substituents is 1. The van der Waals surface area contributed by atoms with Crippen LogP contribution in [0.4, 0.5) is 5.69 Å². The Kier molecular flexibility index (Phi) is 2.23. The molecular formula is C11H7N5O2. The van der Waals surface area contributed by atoms with Crippen molar-refractivity contribution in [3.05, 3.63) is 46.8 Å². The van der Waals surface area contributed by atoms with E-state index in [-0.39, 0.29) is 5.69 Å². The van der Waals surface area contributed by atoms with Crippen LogP contribution in [0.5, 0.6) is 0 Å². The van der Waals surface area contributed by atoms with E-state index < -0.39 is 4.92 Å². The highest BCUT2D eigenvalue weighted by atomic mass is 16.6. The molecule has 7 heteroatoms. The fraction of sp³-hybridized carbons (Fsp3) is 0. The highest BCUT2D eigenvalue weighted by Gasteiger charge is 2.14. The molecule has 0 atom stereocenters. The molecular weight excluding hydrogens is 234 g/mol. The third kappa shape index (κ3) is 1.58. The van der Waals surface area contributed by atoms with E-state index in [1.807, 2.05) is 0 Å². The molecule has 2 heterocycles. The van der Waals surface area contributed by atoms with Crippen LogP contribution < -0.4 is 0 Å². The molecule has 0 spiro atoms. The topological polar surface area (TPSA) is 97.6 Å². The molecule has 2 aromatic heterocycles. The Morgan fingerprint density at radius 2 is 2.00 bits per heavy atom. The number of nitrogens with one attached hydrogen (secondary N) is 1. The zero-order valence-corrected chi connectivity index (χ0v) is 9.07. The normalized spacial score (nSPS) is 10.7. The Hall–Kier alpha value is -2.83. The Morgan fingerprint density at radius 3 is 2.72 bits per heavy atom. The number of hydrogen-bond donors (Lipinski definition) is 1. The summed E-state index contributed by atoms with van der Waals surface area (Å²) in [5.74, 6) is 0.434. The van der Waals surface area contributed by atoms with Gasteiger partial charge in [-0.3, -0.25) is 15.2 Å². The van der Waals surface area contributed by atoms with E-state index in [2.05, 4.69) is 20.2 Å². The minimum absolute atomic E-state index is 0.0149. The summed E-state index contributed by atoms with van der Waals surface area (Å²) in [4.78, 5) is 18.5. The number of hydrogen-bond acceptors (Lipinski definition) is 5. The lowest BCUT2D eigenvalue weighted by Gasteiger charge is -1.95. The van der Waals surface area contributed by atoms with Crippen molar-refractivity contribution in [2.24, 2.45) is 0 Å². The monoisotopic (exact) mass is 241 g/mol. The van der Waals surface area contributed by atoms with Gasteiger partial charge in [0.1, 0.15) is 5.69 Å². The van der Waals surface area contributed by atoms with Crippen molar-refractivity contribution in [3.63, 3.8) is 0 Å². The van der Waals surface area contributed by atoms with Gasteiger partial charge in [-0.2, -0.15) is 5.10 Å². The predicted molar refractivity (Wildman–Crippen MR) is 63.8 cm³/mol. The lowest BCUT2D eigenvalue weighted by atomic mass is 10.2. The summed E-state index contributed by atoms with van der Waals surface area (Å²) in [5.41, 5.74) is 1.23. The number of H-pyrrole nitrogens is 1. The summed E-state index contributed by atoms with van der Waals surface area (Å²) < 4.78 is 0. The quantitative estimate of drug-likeness (QED) is 0.546. The van der Waals surface area contributed by atoms with Crippen LogP contribution in [0.1, 0.15) is 0 Å². The summed E-state index contributed by atoms with van der Waals surface area (Å²) in [6, 6.07) is 6.20. The van der Waals surface area contributed by atoms with Gasteiger partial charge in [-0.25, -0.2) is 9.97 Å². The van der Waals surface area contributed by atoms with Crippen molar-refractivity contribution >= 4 is 16.6 Å². The zero-order chi connectivity index (χ0) is 12.5. The zero-order valence-electron chi connectivity index (χ0n) is 9.07. The Morgan fingerprint density at radius 1 is 1.22 bits per heavy atom. The second kappa shape index (κ2) is 3.88. The van der Waals surface area contributed by atoms with Crippen LogP contribution in [0.25, 0.3) is 22.4 Å². The fourth-order valence-electron chi connectivity index (χ4n) is 1.71. The van der Waals surface area contributed by atoms with E-state index in [9.17, 15) is 10.1 Å². The minimum atomic E-state index is -0.442. The first-order valence-electron chi connectivity index (χ1n) is 5.15. The molecule has 0 amide bonds. The van der Waals surface area contributed by atoms with Crippen LogP contribution in [0, 0.1) is 10.1 Å². The highest BCUT2D eigenvalue weighted by Crippen LogP contribution is 2.26. The predicted octanol–water partition coefficient (Wildman–Crippen LogP) is 1.93. The molecule has 3 rings (SSSR count). The maximum absolute atomic E-state index is 10.8. The van der Waals surface area contributed by atoms with E-state index in [4.69, 9.17) is 0 Å². The average molecular weight is 241 g/mol. The van der Waals surface area contributed by atoms with Crippen molar-refractivity contribution < 1.29 is 4.92 Å². The Balaban J connectivity index is 2.24. The molecule has 3 aromatic rings. The number of aromatic amines is 1. The van der Waals surface area contributed by atoms with Gasteiger partial charge < -0.3 is 0 Å². The van der Waals surface area contributed by atoms with Gasteiger partial charge in [0.2, 0.25) is 0 Å². The third-order valence-electron chi connectivity index (χ3n) is 2.53. The summed E-state index contributed by atoms with van der Waals surface area (Å²) in [6.45, 7) is 0. The number of nitrogens with zero attached hydrogens (tertiary/aromatic N) is 4. The van der Waals surface area contributed by atoms with Crippen LogP contribution in [0.3, 0.4) is 0 Å². The first-order chi connectivity index (χ1) is 8.75. The van der Waals surface area contributed by atoms with Crippen molar-refractivity contribution in [2.75, 3.05) is 0 Å². The molecule has 0 aliphatic carbocycles. The molecule has 0 radical (unpaired) electrons. The summed E-state index contributed by atoms with van der Waals surface area (Å²) in [6.07, 6.45) is 3.19. The van der Waals surface area contributed by atoms with E-state index in [0.717, 1.165) is 0 Å². The van der Waals surface area contributed by atoms with E-state index >= 15 is 0 Å². The van der Waals surface area contributed by atoms with Gasteiger partial charge >= 0.3 is 0 Å². The van der Waals surface area contributed by atoms with Crippen LogP contribution in [-0.4, -0.2) is 25.1 Å². The average Bonchev–Trinajstić information content (AvgIpc) is 2.82. The van der Waals surface area contributed by atoms with Crippen LogP contribution in [-0.2, 0) is 0 Å². The standard InChI is InChI=1S/C11H7N5O2/c17-16(18)7-2-3-9-8(6-7)10(15-14-9)11-12-4-1-5-13-11/h1-6H,(H,14,15). The van der Waals surface area contributed by atoms with Crippen molar-refractivity contribution in [3.8, 4) is 11.5 Å². The van der Waals surface area contributed by atoms with Gasteiger partial charge in [0.15, 0.2) is 5.82 Å². The van der Waals surface area contributed by atoms with Crippen molar-refractivity contribution in [1.29, 1.82) is 0 Å². The van der Waals surface area contributed by atoms with Gasteiger partial charge in [-0.1, -0.05) is 0 Å².